The van der Waals surface area contributed by atoms with E-state index in [1.165, 1.54) is 18.7 Å². The molecule has 1 fully saturated rings. The molecule has 1 saturated heterocycles. The summed E-state index contributed by atoms with van der Waals surface area (Å²) in [6.07, 6.45) is 3.65. The Labute approximate surface area is 257 Å². The number of hydrogen-bond donors (Lipinski definition) is 2. The Morgan fingerprint density at radius 3 is 2.19 bits per heavy atom. The molecule has 0 amide bonds. The first-order chi connectivity index (χ1) is 20.7. The highest BCUT2D eigenvalue weighted by molar-refractivity contribution is 7.99. The summed E-state index contributed by atoms with van der Waals surface area (Å²) < 4.78 is 62.2. The number of benzene rings is 2. The Hall–Kier alpha value is -3.13. The SMILES string of the molecule is CCCOc1c(OCCSc2ncc[nH]2)cc(C2CCC(c3cc(OC)c(OC)c(OC)c3)O2)cc1S(=O)(=O)CC(C)O. The molecule has 3 aromatic rings. The van der Waals surface area contributed by atoms with Crippen molar-refractivity contribution in [3.63, 3.8) is 0 Å². The van der Waals surface area contributed by atoms with Crippen LogP contribution in [0.1, 0.15) is 56.4 Å². The number of hydrogen-bond acceptors (Lipinski definition) is 11. The molecule has 3 atom stereocenters. The number of nitrogens with one attached hydrogen (secondary N) is 1. The number of methoxy groups -OCH3 is 3. The zero-order valence-corrected chi connectivity index (χ0v) is 26.8. The van der Waals surface area contributed by atoms with E-state index >= 15 is 0 Å². The van der Waals surface area contributed by atoms with Crippen LogP contribution < -0.4 is 23.7 Å². The number of aliphatic hydroxyl groups is 1. The van der Waals surface area contributed by atoms with Crippen molar-refractivity contribution in [1.82, 2.24) is 9.97 Å². The number of sulfone groups is 1. The Morgan fingerprint density at radius 1 is 0.977 bits per heavy atom. The molecule has 0 saturated carbocycles. The Balaban J connectivity index is 1.67. The molecule has 3 unspecified atom stereocenters. The highest BCUT2D eigenvalue weighted by Crippen LogP contribution is 2.48. The largest absolute Gasteiger partial charge is 0.493 e. The van der Waals surface area contributed by atoms with Gasteiger partial charge in [-0.25, -0.2) is 13.4 Å². The third-order valence-corrected chi connectivity index (χ3v) is 9.55. The van der Waals surface area contributed by atoms with E-state index in [0.29, 0.717) is 60.2 Å². The predicted octanol–water partition coefficient (Wildman–Crippen LogP) is 5.14. The number of H-pyrrole nitrogens is 1. The standard InChI is InChI=1S/C30H40N2O9S2/c1-6-11-40-29-26(39-12-13-42-30-31-9-10-32-30)16-21(17-27(29)43(34,35)18-19(2)33)23-8-7-22(41-23)20-14-24(36-3)28(38-5)25(15-20)37-4/h9-10,14-17,19,22-23,33H,6-8,11-13,18H2,1-5H3,(H,31,32). The zero-order chi connectivity index (χ0) is 31.0. The van der Waals surface area contributed by atoms with Crippen molar-refractivity contribution >= 4 is 21.6 Å². The van der Waals surface area contributed by atoms with Gasteiger partial charge in [-0.05, 0) is 61.6 Å². The van der Waals surface area contributed by atoms with Crippen molar-refractivity contribution in [1.29, 1.82) is 0 Å². The number of ether oxygens (including phenoxy) is 6. The molecule has 2 N–H and O–H groups in total. The fourth-order valence-corrected chi connectivity index (χ4v) is 7.13. The maximum atomic E-state index is 13.5. The minimum Gasteiger partial charge on any atom is -0.493 e. The van der Waals surface area contributed by atoms with Crippen LogP contribution in [0, 0.1) is 0 Å². The van der Waals surface area contributed by atoms with Crippen molar-refractivity contribution < 1.29 is 41.9 Å². The van der Waals surface area contributed by atoms with Crippen LogP contribution in [0.5, 0.6) is 28.7 Å². The molecule has 1 aliphatic heterocycles. The lowest BCUT2D eigenvalue weighted by atomic mass is 10.0. The second kappa shape index (κ2) is 15.0. The van der Waals surface area contributed by atoms with Crippen molar-refractivity contribution in [2.75, 3.05) is 46.0 Å². The summed E-state index contributed by atoms with van der Waals surface area (Å²) in [4.78, 5) is 7.22. The summed E-state index contributed by atoms with van der Waals surface area (Å²) in [5.41, 5.74) is 1.50. The second-order valence-electron chi connectivity index (χ2n) is 10.1. The lowest BCUT2D eigenvalue weighted by Crippen LogP contribution is -2.19. The second-order valence-corrected chi connectivity index (χ2v) is 13.2. The van der Waals surface area contributed by atoms with Crippen molar-refractivity contribution in [2.45, 2.75) is 61.5 Å². The van der Waals surface area contributed by atoms with Gasteiger partial charge in [0.1, 0.15) is 4.90 Å². The van der Waals surface area contributed by atoms with Crippen LogP contribution in [0.15, 0.2) is 46.7 Å². The average Bonchev–Trinajstić information content (AvgIpc) is 3.70. The molecule has 43 heavy (non-hydrogen) atoms. The number of nitrogens with zero attached hydrogens (tertiary/aromatic N) is 1. The smallest absolute Gasteiger partial charge is 0.203 e. The van der Waals surface area contributed by atoms with Crippen LogP contribution in [0.25, 0.3) is 0 Å². The van der Waals surface area contributed by atoms with Crippen LogP contribution in [0.2, 0.25) is 0 Å². The van der Waals surface area contributed by atoms with E-state index in [-0.39, 0.29) is 23.4 Å². The normalized spacial score (nSPS) is 17.4. The van der Waals surface area contributed by atoms with Crippen LogP contribution in [-0.4, -0.2) is 75.6 Å². The maximum Gasteiger partial charge on any atom is 0.203 e. The van der Waals surface area contributed by atoms with Crippen LogP contribution in [-0.2, 0) is 14.6 Å². The molecule has 11 nitrogen and oxygen atoms in total. The summed E-state index contributed by atoms with van der Waals surface area (Å²) in [5.74, 6) is 2.12. The summed E-state index contributed by atoms with van der Waals surface area (Å²) >= 11 is 1.49. The number of aliphatic hydroxyl groups excluding tert-OH is 1. The molecule has 2 heterocycles. The van der Waals surface area contributed by atoms with Crippen molar-refractivity contribution in [3.05, 3.63) is 47.8 Å². The van der Waals surface area contributed by atoms with Crippen molar-refractivity contribution in [3.8, 4) is 28.7 Å². The number of aromatic amines is 1. The van der Waals surface area contributed by atoms with E-state index < -0.39 is 27.8 Å². The lowest BCUT2D eigenvalue weighted by molar-refractivity contribution is 0.0435. The topological polar surface area (TPSA) is 138 Å². The van der Waals surface area contributed by atoms with Gasteiger partial charge in [0.25, 0.3) is 0 Å². The highest BCUT2D eigenvalue weighted by atomic mass is 32.2. The van der Waals surface area contributed by atoms with E-state index in [1.807, 2.05) is 19.1 Å². The van der Waals surface area contributed by atoms with Gasteiger partial charge in [-0.3, -0.25) is 0 Å². The maximum absolute atomic E-state index is 13.5. The van der Waals surface area contributed by atoms with Crippen LogP contribution in [0.4, 0.5) is 0 Å². The first-order valence-corrected chi connectivity index (χ1v) is 16.8. The minimum absolute atomic E-state index is 0.0205. The number of imidazole rings is 1. The summed E-state index contributed by atoms with van der Waals surface area (Å²) in [6.45, 7) is 3.97. The van der Waals surface area contributed by atoms with Gasteiger partial charge in [-0.2, -0.15) is 0 Å². The third kappa shape index (κ3) is 8.08. The van der Waals surface area contributed by atoms with E-state index in [1.54, 1.807) is 45.9 Å². The van der Waals surface area contributed by atoms with Gasteiger partial charge in [0.2, 0.25) is 5.75 Å². The zero-order valence-electron chi connectivity index (χ0n) is 25.1. The van der Waals surface area contributed by atoms with Gasteiger partial charge in [0.05, 0.1) is 58.6 Å². The first-order valence-electron chi connectivity index (χ1n) is 14.1. The molecule has 13 heteroatoms. The molecular formula is C30H40N2O9S2. The first kappa shape index (κ1) is 32.8. The number of aromatic nitrogens is 2. The molecule has 2 aromatic carbocycles. The molecule has 1 aromatic heterocycles. The highest BCUT2D eigenvalue weighted by Gasteiger charge is 2.33. The fourth-order valence-electron chi connectivity index (χ4n) is 4.91. The molecule has 0 spiro atoms. The minimum atomic E-state index is -3.93. The average molecular weight is 637 g/mol. The molecule has 236 valence electrons. The Morgan fingerprint density at radius 2 is 1.63 bits per heavy atom. The molecule has 1 aliphatic rings. The number of rotatable bonds is 16. The fraction of sp³-hybridized carbons (Fsp3) is 0.500. The van der Waals surface area contributed by atoms with Crippen molar-refractivity contribution in [2.24, 2.45) is 0 Å². The van der Waals surface area contributed by atoms with E-state index in [9.17, 15) is 13.5 Å². The molecule has 0 aliphatic carbocycles. The molecule has 4 rings (SSSR count). The van der Waals surface area contributed by atoms with Gasteiger partial charge in [-0.15, -0.1) is 0 Å². The van der Waals surface area contributed by atoms with Gasteiger partial charge in [0, 0.05) is 18.1 Å². The van der Waals surface area contributed by atoms with E-state index in [0.717, 1.165) is 10.7 Å². The van der Waals surface area contributed by atoms with Crippen LogP contribution in [0.3, 0.4) is 0 Å². The summed E-state index contributed by atoms with van der Waals surface area (Å²) in [7, 11) is 0.742. The quantitative estimate of drug-likeness (QED) is 0.160. The lowest BCUT2D eigenvalue weighted by Gasteiger charge is -2.21. The van der Waals surface area contributed by atoms with E-state index in [2.05, 4.69) is 9.97 Å². The molecule has 0 bridgehead atoms. The van der Waals surface area contributed by atoms with Gasteiger partial charge >= 0.3 is 0 Å². The third-order valence-electron chi connectivity index (χ3n) is 6.79. The monoisotopic (exact) mass is 636 g/mol. The van der Waals surface area contributed by atoms with Gasteiger partial charge in [-0.1, -0.05) is 18.7 Å². The van der Waals surface area contributed by atoms with Crippen LogP contribution >= 0.6 is 11.8 Å². The predicted molar refractivity (Wildman–Crippen MR) is 163 cm³/mol. The Kier molecular flexibility index (Phi) is 11.5. The summed E-state index contributed by atoms with van der Waals surface area (Å²) in [5, 5.41) is 10.8. The molecular weight excluding hydrogens is 596 g/mol. The number of thioether (sulfide) groups is 1. The summed E-state index contributed by atoms with van der Waals surface area (Å²) in [6, 6.07) is 7.11. The van der Waals surface area contributed by atoms with Gasteiger partial charge in [0.15, 0.2) is 38.0 Å². The van der Waals surface area contributed by atoms with Gasteiger partial charge < -0.3 is 38.5 Å². The van der Waals surface area contributed by atoms with E-state index in [4.69, 9.17) is 28.4 Å². The molecule has 0 radical (unpaired) electrons. The Bertz CT molecular complexity index is 1420.